The molecule has 0 radical (unpaired) electrons. The topological polar surface area (TPSA) is 100 Å². The van der Waals surface area contributed by atoms with Gasteiger partial charge in [-0.25, -0.2) is 0 Å². The first-order chi connectivity index (χ1) is 7.53. The van der Waals surface area contributed by atoms with Crippen molar-refractivity contribution in [3.63, 3.8) is 0 Å². The van der Waals surface area contributed by atoms with Crippen molar-refractivity contribution in [2.24, 2.45) is 17.8 Å². The molecule has 0 unspecified atom stereocenters. The van der Waals surface area contributed by atoms with Crippen LogP contribution in [0.25, 0.3) is 0 Å². The van der Waals surface area contributed by atoms with E-state index in [4.69, 9.17) is 10.5 Å². The van der Waals surface area contributed by atoms with E-state index in [1.54, 1.807) is 12.1 Å². The summed E-state index contributed by atoms with van der Waals surface area (Å²) in [4.78, 5) is 22.7. The Hall–Kier alpha value is -2.08. The van der Waals surface area contributed by atoms with Gasteiger partial charge in [-0.05, 0) is 0 Å². The predicted molar refractivity (Wildman–Crippen MR) is 51.4 cm³/mol. The second-order valence-electron chi connectivity index (χ2n) is 3.12. The minimum absolute atomic E-state index is 0.782. The Bertz CT molecular complexity index is 323. The van der Waals surface area contributed by atoms with E-state index in [1.807, 2.05) is 0 Å². The molecule has 0 fully saturated rings. The third-order valence-electron chi connectivity index (χ3n) is 2.24. The highest BCUT2D eigenvalue weighted by molar-refractivity contribution is 5.95. The molecule has 0 bridgehead atoms. The number of carbonyl (C=O) groups excluding carboxylic acids is 2. The number of hydrogen-bond acceptors (Lipinski definition) is 6. The van der Waals surface area contributed by atoms with Crippen LogP contribution in [0.3, 0.4) is 0 Å². The van der Waals surface area contributed by atoms with Crippen molar-refractivity contribution in [3.8, 4) is 12.1 Å². The van der Waals surface area contributed by atoms with Gasteiger partial charge in [0, 0.05) is 5.92 Å². The second kappa shape index (κ2) is 6.41. The molecular weight excluding hydrogens is 212 g/mol. The maximum absolute atomic E-state index is 11.3. The number of methoxy groups -OCH3 is 2. The molecule has 0 rings (SSSR count). The van der Waals surface area contributed by atoms with E-state index in [9.17, 15) is 9.59 Å². The number of ether oxygens (including phenoxy) is 2. The Morgan fingerprint density at radius 3 is 1.69 bits per heavy atom. The summed E-state index contributed by atoms with van der Waals surface area (Å²) in [6, 6.07) is 3.43. The van der Waals surface area contributed by atoms with Crippen LogP contribution in [0.5, 0.6) is 0 Å². The molecule has 1 atom stereocenters. The largest absolute Gasteiger partial charge is 0.468 e. The van der Waals surface area contributed by atoms with Crippen LogP contribution in [0.1, 0.15) is 6.92 Å². The van der Waals surface area contributed by atoms with Crippen molar-refractivity contribution in [2.75, 3.05) is 14.2 Å². The Balaban J connectivity index is 5.06. The lowest BCUT2D eigenvalue weighted by molar-refractivity contribution is -0.161. The van der Waals surface area contributed by atoms with Crippen molar-refractivity contribution in [1.29, 1.82) is 10.5 Å². The second-order valence-corrected chi connectivity index (χ2v) is 3.12. The summed E-state index contributed by atoms with van der Waals surface area (Å²) in [5, 5.41) is 17.4. The van der Waals surface area contributed by atoms with E-state index in [-0.39, 0.29) is 0 Å². The Morgan fingerprint density at radius 2 is 1.44 bits per heavy atom. The number of carbonyl (C=O) groups is 2. The van der Waals surface area contributed by atoms with Gasteiger partial charge in [-0.3, -0.25) is 9.59 Å². The van der Waals surface area contributed by atoms with Gasteiger partial charge < -0.3 is 9.47 Å². The maximum Gasteiger partial charge on any atom is 0.320 e. The molecule has 0 heterocycles. The highest BCUT2D eigenvalue weighted by Crippen LogP contribution is 2.22. The summed E-state index contributed by atoms with van der Waals surface area (Å²) in [6.07, 6.45) is 0. The summed E-state index contributed by atoms with van der Waals surface area (Å²) >= 11 is 0. The van der Waals surface area contributed by atoms with Gasteiger partial charge in [0.25, 0.3) is 0 Å². The van der Waals surface area contributed by atoms with Crippen LogP contribution in [0.4, 0.5) is 0 Å². The summed E-state index contributed by atoms with van der Waals surface area (Å²) in [5.41, 5.74) is 0. The number of nitriles is 2. The van der Waals surface area contributed by atoms with Gasteiger partial charge in [-0.1, -0.05) is 6.92 Å². The monoisotopic (exact) mass is 224 g/mol. The minimum Gasteiger partial charge on any atom is -0.468 e. The van der Waals surface area contributed by atoms with Crippen molar-refractivity contribution in [1.82, 2.24) is 0 Å². The maximum atomic E-state index is 11.3. The molecule has 0 amide bonds. The molecule has 0 saturated heterocycles. The van der Waals surface area contributed by atoms with Crippen LogP contribution >= 0.6 is 0 Å². The van der Waals surface area contributed by atoms with E-state index in [2.05, 4.69) is 9.47 Å². The normalized spacial score (nSPS) is 11.4. The zero-order valence-corrected chi connectivity index (χ0v) is 9.26. The van der Waals surface area contributed by atoms with Gasteiger partial charge in [0.05, 0.1) is 26.4 Å². The molecular formula is C10H12N2O4. The van der Waals surface area contributed by atoms with E-state index >= 15 is 0 Å². The summed E-state index contributed by atoms with van der Waals surface area (Å²) < 4.78 is 8.87. The minimum atomic E-state index is -1.25. The molecule has 0 spiro atoms. The number of rotatable bonds is 4. The van der Waals surface area contributed by atoms with Crippen LogP contribution in [-0.2, 0) is 19.1 Å². The predicted octanol–water partition coefficient (Wildman–Crippen LogP) is 0.248. The number of esters is 2. The van der Waals surface area contributed by atoms with E-state index < -0.39 is 29.7 Å². The van der Waals surface area contributed by atoms with Gasteiger partial charge in [-0.2, -0.15) is 10.5 Å². The molecule has 0 saturated carbocycles. The molecule has 0 aliphatic rings. The van der Waals surface area contributed by atoms with Gasteiger partial charge in [0.15, 0.2) is 5.92 Å². The summed E-state index contributed by atoms with van der Waals surface area (Å²) in [7, 11) is 2.25. The fraction of sp³-hybridized carbons (Fsp3) is 0.600. The molecule has 0 aliphatic carbocycles. The van der Waals surface area contributed by atoms with Gasteiger partial charge in [0.2, 0.25) is 0 Å². The third-order valence-corrected chi connectivity index (χ3v) is 2.24. The average molecular weight is 224 g/mol. The Morgan fingerprint density at radius 1 is 1.06 bits per heavy atom. The van der Waals surface area contributed by atoms with Crippen molar-refractivity contribution >= 4 is 11.9 Å². The van der Waals surface area contributed by atoms with E-state index in [0.29, 0.717) is 0 Å². The third kappa shape index (κ3) is 2.96. The molecule has 16 heavy (non-hydrogen) atoms. The Labute approximate surface area is 93.4 Å². The molecule has 0 aromatic rings. The zero-order chi connectivity index (χ0) is 12.7. The lowest BCUT2D eigenvalue weighted by atomic mass is 9.84. The van der Waals surface area contributed by atoms with Crippen LogP contribution in [0.2, 0.25) is 0 Å². The molecule has 86 valence electrons. The van der Waals surface area contributed by atoms with Crippen LogP contribution in [0.15, 0.2) is 0 Å². The highest BCUT2D eigenvalue weighted by Gasteiger charge is 2.38. The fourth-order valence-electron chi connectivity index (χ4n) is 1.24. The fourth-order valence-corrected chi connectivity index (χ4v) is 1.24. The molecule has 6 nitrogen and oxygen atoms in total. The molecule has 0 aromatic carbocycles. The molecule has 0 aromatic heterocycles. The average Bonchev–Trinajstić information content (AvgIpc) is 2.30. The first kappa shape index (κ1) is 13.9. The molecule has 0 N–H and O–H groups in total. The zero-order valence-electron chi connectivity index (χ0n) is 9.26. The highest BCUT2D eigenvalue weighted by atomic mass is 16.5. The first-order valence-electron chi connectivity index (χ1n) is 4.48. The number of hydrogen-bond donors (Lipinski definition) is 0. The standard InChI is InChI=1S/C10H12N2O4/c1-6(7(4-11)5-12)8(9(13)15-2)10(14)16-3/h6-8H,1-3H3/t6-/m1/s1. The van der Waals surface area contributed by atoms with Crippen LogP contribution in [-0.4, -0.2) is 26.2 Å². The van der Waals surface area contributed by atoms with Crippen LogP contribution < -0.4 is 0 Å². The van der Waals surface area contributed by atoms with Crippen molar-refractivity contribution in [2.45, 2.75) is 6.92 Å². The van der Waals surface area contributed by atoms with E-state index in [0.717, 1.165) is 14.2 Å². The smallest absolute Gasteiger partial charge is 0.320 e. The van der Waals surface area contributed by atoms with Crippen molar-refractivity contribution in [3.05, 3.63) is 0 Å². The molecule has 0 aliphatic heterocycles. The number of nitrogens with zero attached hydrogens (tertiary/aromatic N) is 2. The lowest BCUT2D eigenvalue weighted by Gasteiger charge is -2.19. The van der Waals surface area contributed by atoms with Gasteiger partial charge in [0.1, 0.15) is 5.92 Å². The van der Waals surface area contributed by atoms with E-state index in [1.165, 1.54) is 6.92 Å². The van der Waals surface area contributed by atoms with Gasteiger partial charge >= 0.3 is 11.9 Å². The summed E-state index contributed by atoms with van der Waals surface area (Å²) in [5.74, 6) is -4.72. The summed E-state index contributed by atoms with van der Waals surface area (Å²) in [6.45, 7) is 1.45. The first-order valence-corrected chi connectivity index (χ1v) is 4.48. The van der Waals surface area contributed by atoms with Gasteiger partial charge in [-0.15, -0.1) is 0 Å². The SMILES string of the molecule is COC(=O)C(C(=O)OC)[C@H](C)C(C#N)C#N. The molecule has 6 heteroatoms. The quantitative estimate of drug-likeness (QED) is 0.501. The Kier molecular flexibility index (Phi) is 5.58. The lowest BCUT2D eigenvalue weighted by Crippen LogP contribution is -2.35. The van der Waals surface area contributed by atoms with Crippen LogP contribution in [0, 0.1) is 40.4 Å². The van der Waals surface area contributed by atoms with Crippen molar-refractivity contribution < 1.29 is 19.1 Å².